The topological polar surface area (TPSA) is 70.2 Å². The van der Waals surface area contributed by atoms with E-state index >= 15 is 0 Å². The number of rotatable bonds is 7. The van der Waals surface area contributed by atoms with Crippen molar-refractivity contribution in [1.29, 1.82) is 0 Å². The Morgan fingerprint density at radius 2 is 1.79 bits per heavy atom. The van der Waals surface area contributed by atoms with E-state index in [1.807, 2.05) is 40.1 Å². The van der Waals surface area contributed by atoms with Crippen LogP contribution < -0.4 is 10.6 Å². The third kappa shape index (κ3) is 5.62. The number of carbonyl (C=O) groups excluding carboxylic acids is 1. The molecule has 0 fully saturated rings. The summed E-state index contributed by atoms with van der Waals surface area (Å²) < 4.78 is 0. The first-order valence-corrected chi connectivity index (χ1v) is 8.06. The van der Waals surface area contributed by atoms with Gasteiger partial charge in [-0.15, -0.1) is 10.2 Å². The molecule has 0 aliphatic heterocycles. The highest BCUT2D eigenvalue weighted by Crippen LogP contribution is 2.14. The summed E-state index contributed by atoms with van der Waals surface area (Å²) in [6.07, 6.45) is 1.02. The van der Waals surface area contributed by atoms with Gasteiger partial charge in [-0.25, -0.2) is 0 Å². The van der Waals surface area contributed by atoms with Gasteiger partial charge in [0.05, 0.1) is 0 Å². The lowest BCUT2D eigenvalue weighted by Gasteiger charge is -2.10. The van der Waals surface area contributed by atoms with E-state index in [4.69, 9.17) is 0 Å². The van der Waals surface area contributed by atoms with Crippen LogP contribution in [0.1, 0.15) is 28.0 Å². The van der Waals surface area contributed by atoms with Crippen LogP contribution in [-0.2, 0) is 0 Å². The number of hydrogen-bond acceptors (Lipinski definition) is 5. The number of aryl methyl sites for hydroxylation is 2. The van der Waals surface area contributed by atoms with Crippen LogP contribution in [0.2, 0.25) is 0 Å². The molecule has 0 unspecified atom stereocenters. The van der Waals surface area contributed by atoms with E-state index in [9.17, 15) is 4.79 Å². The lowest BCUT2D eigenvalue weighted by Crippen LogP contribution is -2.17. The molecule has 0 saturated heterocycles. The number of aromatic nitrogens is 2. The molecule has 1 aromatic heterocycles. The second-order valence-electron chi connectivity index (χ2n) is 6.22. The molecule has 1 aromatic carbocycles. The minimum atomic E-state index is -0.258. The zero-order valence-corrected chi connectivity index (χ0v) is 14.8. The molecule has 24 heavy (non-hydrogen) atoms. The molecule has 0 radical (unpaired) electrons. The predicted octanol–water partition coefficient (Wildman–Crippen LogP) is 2.71. The second-order valence-corrected chi connectivity index (χ2v) is 6.22. The molecule has 0 aliphatic carbocycles. The highest BCUT2D eigenvalue weighted by Gasteiger charge is 2.09. The summed E-state index contributed by atoms with van der Waals surface area (Å²) in [6.45, 7) is 5.83. The Hall–Kier alpha value is -2.47. The van der Waals surface area contributed by atoms with Crippen molar-refractivity contribution in [1.82, 2.24) is 15.1 Å². The molecule has 0 spiro atoms. The Kier molecular flexibility index (Phi) is 6.26. The van der Waals surface area contributed by atoms with Crippen molar-refractivity contribution in [3.63, 3.8) is 0 Å². The summed E-state index contributed by atoms with van der Waals surface area (Å²) in [5, 5.41) is 14.1. The van der Waals surface area contributed by atoms with Crippen molar-refractivity contribution in [2.45, 2.75) is 20.3 Å². The summed E-state index contributed by atoms with van der Waals surface area (Å²) in [6, 6.07) is 9.38. The number of hydrogen-bond donors (Lipinski definition) is 2. The molecule has 1 heterocycles. The van der Waals surface area contributed by atoms with Crippen LogP contribution in [0.15, 0.2) is 30.3 Å². The molecule has 0 atom stereocenters. The van der Waals surface area contributed by atoms with E-state index < -0.39 is 0 Å². The Morgan fingerprint density at radius 3 is 2.38 bits per heavy atom. The molecule has 0 aliphatic rings. The van der Waals surface area contributed by atoms with Crippen molar-refractivity contribution >= 4 is 17.4 Å². The molecule has 6 heteroatoms. The van der Waals surface area contributed by atoms with Crippen LogP contribution >= 0.6 is 0 Å². The fourth-order valence-corrected chi connectivity index (χ4v) is 2.40. The third-order valence-corrected chi connectivity index (χ3v) is 3.46. The minimum Gasteiger partial charge on any atom is -0.369 e. The Bertz CT molecular complexity index is 662. The van der Waals surface area contributed by atoms with Crippen LogP contribution in [0.5, 0.6) is 0 Å². The van der Waals surface area contributed by atoms with Gasteiger partial charge in [0.1, 0.15) is 5.82 Å². The molecular formula is C18H25N5O. The third-order valence-electron chi connectivity index (χ3n) is 3.46. The quantitative estimate of drug-likeness (QED) is 0.765. The van der Waals surface area contributed by atoms with Gasteiger partial charge in [-0.2, -0.15) is 0 Å². The predicted molar refractivity (Wildman–Crippen MR) is 97.6 cm³/mol. The fraction of sp³-hybridized carbons (Fsp3) is 0.389. The number of amides is 1. The number of anilines is 2. The maximum absolute atomic E-state index is 12.2. The minimum absolute atomic E-state index is 0.258. The highest BCUT2D eigenvalue weighted by atomic mass is 16.1. The van der Waals surface area contributed by atoms with Gasteiger partial charge in [-0.1, -0.05) is 6.07 Å². The van der Waals surface area contributed by atoms with Crippen molar-refractivity contribution in [2.24, 2.45) is 0 Å². The smallest absolute Gasteiger partial charge is 0.276 e. The van der Waals surface area contributed by atoms with Gasteiger partial charge in [-0.05, 0) is 76.3 Å². The molecule has 2 rings (SSSR count). The molecule has 1 amide bonds. The Balaban J connectivity index is 1.91. The highest BCUT2D eigenvalue weighted by molar-refractivity contribution is 6.02. The largest absolute Gasteiger partial charge is 0.369 e. The van der Waals surface area contributed by atoms with Crippen LogP contribution in [0.3, 0.4) is 0 Å². The van der Waals surface area contributed by atoms with E-state index in [2.05, 4.69) is 31.8 Å². The summed E-state index contributed by atoms with van der Waals surface area (Å²) in [7, 11) is 4.09. The molecule has 128 valence electrons. The second kappa shape index (κ2) is 8.40. The maximum atomic E-state index is 12.2. The van der Waals surface area contributed by atoms with Crippen molar-refractivity contribution in [3.8, 4) is 0 Å². The molecule has 0 saturated carbocycles. The monoisotopic (exact) mass is 327 g/mol. The molecular weight excluding hydrogens is 302 g/mol. The number of nitrogens with one attached hydrogen (secondary N) is 2. The van der Waals surface area contributed by atoms with Gasteiger partial charge in [0.2, 0.25) is 0 Å². The standard InChI is InChI=1S/C18H25N5O/c1-13-10-14(2)12-15(11-13)20-18(24)16-6-7-17(22-21-16)19-8-5-9-23(3)4/h6-7,10-12H,5,8-9H2,1-4H3,(H,19,22)(H,20,24). The van der Waals surface area contributed by atoms with E-state index in [0.717, 1.165) is 36.3 Å². The van der Waals surface area contributed by atoms with E-state index in [1.54, 1.807) is 12.1 Å². The van der Waals surface area contributed by atoms with Crippen LogP contribution in [0.4, 0.5) is 11.5 Å². The number of carbonyl (C=O) groups is 1. The Morgan fingerprint density at radius 1 is 1.08 bits per heavy atom. The summed E-state index contributed by atoms with van der Waals surface area (Å²) in [5.41, 5.74) is 3.28. The zero-order valence-electron chi connectivity index (χ0n) is 14.8. The lowest BCUT2D eigenvalue weighted by atomic mass is 10.1. The van der Waals surface area contributed by atoms with Gasteiger partial charge in [-0.3, -0.25) is 4.79 Å². The molecule has 2 N–H and O–H groups in total. The van der Waals surface area contributed by atoms with Gasteiger partial charge in [0, 0.05) is 12.2 Å². The fourth-order valence-electron chi connectivity index (χ4n) is 2.40. The normalized spacial score (nSPS) is 10.7. The average molecular weight is 327 g/mol. The van der Waals surface area contributed by atoms with E-state index in [-0.39, 0.29) is 5.91 Å². The average Bonchev–Trinajstić information content (AvgIpc) is 2.51. The van der Waals surface area contributed by atoms with Crippen LogP contribution in [-0.4, -0.2) is 48.2 Å². The first-order chi connectivity index (χ1) is 11.4. The maximum Gasteiger partial charge on any atom is 0.276 e. The molecule has 2 aromatic rings. The SMILES string of the molecule is Cc1cc(C)cc(NC(=O)c2ccc(NCCCN(C)C)nn2)c1. The van der Waals surface area contributed by atoms with Gasteiger partial charge >= 0.3 is 0 Å². The van der Waals surface area contributed by atoms with Crippen LogP contribution in [0, 0.1) is 13.8 Å². The van der Waals surface area contributed by atoms with Gasteiger partial charge < -0.3 is 15.5 Å². The van der Waals surface area contributed by atoms with E-state index in [1.165, 1.54) is 0 Å². The summed E-state index contributed by atoms with van der Waals surface area (Å²) in [4.78, 5) is 14.4. The number of nitrogens with zero attached hydrogens (tertiary/aromatic N) is 3. The summed E-state index contributed by atoms with van der Waals surface area (Å²) >= 11 is 0. The van der Waals surface area contributed by atoms with E-state index in [0.29, 0.717) is 11.5 Å². The van der Waals surface area contributed by atoms with Crippen molar-refractivity contribution in [3.05, 3.63) is 47.2 Å². The van der Waals surface area contributed by atoms with Gasteiger partial charge in [0.15, 0.2) is 5.69 Å². The zero-order chi connectivity index (χ0) is 17.5. The van der Waals surface area contributed by atoms with Crippen LogP contribution in [0.25, 0.3) is 0 Å². The first kappa shape index (κ1) is 17.9. The Labute approximate surface area is 143 Å². The number of benzene rings is 1. The van der Waals surface area contributed by atoms with Gasteiger partial charge in [0.25, 0.3) is 5.91 Å². The first-order valence-electron chi connectivity index (χ1n) is 8.06. The summed E-state index contributed by atoms with van der Waals surface area (Å²) in [5.74, 6) is 0.420. The van der Waals surface area contributed by atoms with Crippen molar-refractivity contribution < 1.29 is 4.79 Å². The lowest BCUT2D eigenvalue weighted by molar-refractivity contribution is 0.102. The molecule has 6 nitrogen and oxygen atoms in total. The molecule has 0 bridgehead atoms. The van der Waals surface area contributed by atoms with Crippen molar-refractivity contribution in [2.75, 3.05) is 37.8 Å².